The number of hydrogen-bond donors (Lipinski definition) is 0. The van der Waals surface area contributed by atoms with Crippen LogP contribution in [0.25, 0.3) is 138 Å². The van der Waals surface area contributed by atoms with Gasteiger partial charge < -0.3 is 8.98 Å². The summed E-state index contributed by atoms with van der Waals surface area (Å²) >= 11 is 0. The van der Waals surface area contributed by atoms with Gasteiger partial charge >= 0.3 is 0 Å². The molecule has 0 bridgehead atoms. The molecule has 0 fully saturated rings. The van der Waals surface area contributed by atoms with Gasteiger partial charge in [0.25, 0.3) is 0 Å². The average molecular weight is 867 g/mol. The fraction of sp³-hybridized carbons (Fsp3) is 0. The molecule has 3 aromatic heterocycles. The summed E-state index contributed by atoms with van der Waals surface area (Å²) in [6.07, 6.45) is 0. The zero-order valence-corrected chi connectivity index (χ0v) is 36.6. The third-order valence-electron chi connectivity index (χ3n) is 13.6. The zero-order chi connectivity index (χ0) is 44.7. The molecule has 0 amide bonds. The first-order valence-corrected chi connectivity index (χ1v) is 23.0. The lowest BCUT2D eigenvalue weighted by Gasteiger charge is -2.20. The van der Waals surface area contributed by atoms with E-state index in [9.17, 15) is 0 Å². The molecule has 11 aromatic carbocycles. The molecule has 68 heavy (non-hydrogen) atoms. The van der Waals surface area contributed by atoms with Crippen LogP contribution < -0.4 is 0 Å². The topological polar surface area (TPSA) is 56.7 Å². The second kappa shape index (κ2) is 15.2. The van der Waals surface area contributed by atoms with Crippen LogP contribution in [-0.2, 0) is 0 Å². The molecule has 0 saturated heterocycles. The minimum Gasteiger partial charge on any atom is -0.456 e. The number of benzene rings is 11. The number of rotatable bonds is 6. The molecule has 0 aliphatic carbocycles. The molecule has 0 spiro atoms. The van der Waals surface area contributed by atoms with Gasteiger partial charge in [-0.2, -0.15) is 0 Å². The summed E-state index contributed by atoms with van der Waals surface area (Å²) in [4.78, 5) is 15.9. The Kier molecular flexibility index (Phi) is 8.52. The van der Waals surface area contributed by atoms with Gasteiger partial charge in [0.2, 0.25) is 0 Å². The van der Waals surface area contributed by atoms with E-state index < -0.39 is 0 Å². The highest BCUT2D eigenvalue weighted by Gasteiger charge is 2.24. The summed E-state index contributed by atoms with van der Waals surface area (Å²) in [5, 5.41) is 11.5. The molecule has 5 heteroatoms. The molecule has 14 aromatic rings. The second-order valence-electron chi connectivity index (χ2n) is 17.5. The van der Waals surface area contributed by atoms with Gasteiger partial charge in [0.1, 0.15) is 11.2 Å². The van der Waals surface area contributed by atoms with Crippen molar-refractivity contribution in [1.29, 1.82) is 0 Å². The summed E-state index contributed by atoms with van der Waals surface area (Å²) in [5.74, 6) is 1.75. The molecular formula is C63H38N4O. The van der Waals surface area contributed by atoms with Crippen molar-refractivity contribution in [3.8, 4) is 62.1 Å². The van der Waals surface area contributed by atoms with Gasteiger partial charge in [-0.25, -0.2) is 15.0 Å². The molecule has 0 aliphatic rings. The number of fused-ring (bicyclic) bond motifs is 10. The highest BCUT2D eigenvalue weighted by Crippen LogP contribution is 2.46. The van der Waals surface area contributed by atoms with E-state index in [0.29, 0.717) is 17.5 Å². The standard InChI is InChI=1S/C63H38N4O/c1-3-15-39(16-4-1)40-27-29-42(30-28-40)52-38-53(63-65-61(43-18-5-2-6-19-43)64-62(66-63)46-31-33-50-49-24-13-14-26-57(49)68-58(50)37-46)48-23-11-12-25-51(48)60(52)67-55-34-32-41-17-9-10-22-47(41)59(55)54-35-44-20-7-8-21-45(44)36-56(54)67/h1-38H. The predicted octanol–water partition coefficient (Wildman–Crippen LogP) is 16.7. The number of para-hydroxylation sites is 1. The fourth-order valence-electron chi connectivity index (χ4n) is 10.4. The molecule has 316 valence electrons. The van der Waals surface area contributed by atoms with Gasteiger partial charge in [0, 0.05) is 49.2 Å². The SMILES string of the molecule is c1ccc(-c2ccc(-c3cc(-c4nc(-c5ccccc5)nc(-c5ccc6c(c5)oc5ccccc56)n4)c4ccccc4c3-n3c4cc5ccccc5cc4c4c5ccccc5ccc43)cc2)cc1. The Bertz CT molecular complexity index is 4300. The van der Waals surface area contributed by atoms with E-state index in [4.69, 9.17) is 19.4 Å². The van der Waals surface area contributed by atoms with Crippen LogP contribution in [0.4, 0.5) is 0 Å². The maximum atomic E-state index is 6.39. The Morgan fingerprint density at radius 3 is 1.63 bits per heavy atom. The number of hydrogen-bond acceptors (Lipinski definition) is 4. The Morgan fingerprint density at radius 2 is 0.853 bits per heavy atom. The van der Waals surface area contributed by atoms with Gasteiger partial charge in [-0.05, 0) is 86.1 Å². The lowest BCUT2D eigenvalue weighted by molar-refractivity contribution is 0.669. The Morgan fingerprint density at radius 1 is 0.294 bits per heavy atom. The van der Waals surface area contributed by atoms with Crippen molar-refractivity contribution in [3.63, 3.8) is 0 Å². The third-order valence-corrected chi connectivity index (χ3v) is 13.6. The largest absolute Gasteiger partial charge is 0.456 e. The Labute approximate surface area is 390 Å². The summed E-state index contributed by atoms with van der Waals surface area (Å²) in [6.45, 7) is 0. The third kappa shape index (κ3) is 6.06. The van der Waals surface area contributed by atoms with Gasteiger partial charge in [-0.1, -0.05) is 188 Å². The molecule has 0 atom stereocenters. The highest BCUT2D eigenvalue weighted by atomic mass is 16.3. The van der Waals surface area contributed by atoms with E-state index in [0.717, 1.165) is 82.8 Å². The van der Waals surface area contributed by atoms with E-state index in [1.807, 2.05) is 36.4 Å². The minimum atomic E-state index is 0.569. The van der Waals surface area contributed by atoms with Crippen molar-refractivity contribution in [2.75, 3.05) is 0 Å². The van der Waals surface area contributed by atoms with Gasteiger partial charge in [-0.15, -0.1) is 0 Å². The highest BCUT2D eigenvalue weighted by molar-refractivity contribution is 6.24. The van der Waals surface area contributed by atoms with Crippen LogP contribution in [0, 0.1) is 0 Å². The minimum absolute atomic E-state index is 0.569. The van der Waals surface area contributed by atoms with Crippen LogP contribution in [0.3, 0.4) is 0 Å². The summed E-state index contributed by atoms with van der Waals surface area (Å²) in [5.41, 5.74) is 12.1. The van der Waals surface area contributed by atoms with Crippen LogP contribution in [0.1, 0.15) is 0 Å². The van der Waals surface area contributed by atoms with Gasteiger partial charge in [0.05, 0.1) is 16.7 Å². The maximum Gasteiger partial charge on any atom is 0.164 e. The maximum absolute atomic E-state index is 6.39. The first-order chi connectivity index (χ1) is 33.7. The first-order valence-electron chi connectivity index (χ1n) is 23.0. The molecular weight excluding hydrogens is 829 g/mol. The predicted molar refractivity (Wildman–Crippen MR) is 281 cm³/mol. The molecule has 0 N–H and O–H groups in total. The molecule has 0 radical (unpaired) electrons. The van der Waals surface area contributed by atoms with Crippen molar-refractivity contribution in [3.05, 3.63) is 231 Å². The van der Waals surface area contributed by atoms with E-state index in [1.54, 1.807) is 0 Å². The summed E-state index contributed by atoms with van der Waals surface area (Å²) in [7, 11) is 0. The van der Waals surface area contributed by atoms with Crippen molar-refractivity contribution in [1.82, 2.24) is 19.5 Å². The molecule has 0 unspecified atom stereocenters. The smallest absolute Gasteiger partial charge is 0.164 e. The van der Waals surface area contributed by atoms with E-state index in [2.05, 4.69) is 199 Å². The van der Waals surface area contributed by atoms with Gasteiger partial charge in [0.15, 0.2) is 17.5 Å². The lowest BCUT2D eigenvalue weighted by Crippen LogP contribution is -2.03. The van der Waals surface area contributed by atoms with Crippen LogP contribution in [0.5, 0.6) is 0 Å². The fourth-order valence-corrected chi connectivity index (χ4v) is 10.4. The molecule has 0 aliphatic heterocycles. The van der Waals surface area contributed by atoms with E-state index in [-0.39, 0.29) is 0 Å². The quantitative estimate of drug-likeness (QED) is 0.167. The Hall–Kier alpha value is -9.19. The number of aromatic nitrogens is 4. The van der Waals surface area contributed by atoms with Crippen molar-refractivity contribution < 1.29 is 4.42 Å². The van der Waals surface area contributed by atoms with Crippen LogP contribution >= 0.6 is 0 Å². The van der Waals surface area contributed by atoms with Crippen LogP contribution in [0.15, 0.2) is 235 Å². The van der Waals surface area contributed by atoms with Crippen molar-refractivity contribution in [2.24, 2.45) is 0 Å². The molecule has 3 heterocycles. The molecule has 0 saturated carbocycles. The zero-order valence-electron chi connectivity index (χ0n) is 36.6. The van der Waals surface area contributed by atoms with E-state index in [1.165, 1.54) is 37.9 Å². The monoisotopic (exact) mass is 866 g/mol. The average Bonchev–Trinajstić information content (AvgIpc) is 3.95. The summed E-state index contributed by atoms with van der Waals surface area (Å²) < 4.78 is 8.89. The molecule has 5 nitrogen and oxygen atoms in total. The normalized spacial score (nSPS) is 11.8. The number of nitrogens with zero attached hydrogens (tertiary/aromatic N) is 4. The lowest BCUT2D eigenvalue weighted by atomic mass is 9.92. The second-order valence-corrected chi connectivity index (χ2v) is 17.5. The van der Waals surface area contributed by atoms with Crippen molar-refractivity contribution >= 4 is 76.1 Å². The first kappa shape index (κ1) is 38.1. The molecule has 14 rings (SSSR count). The van der Waals surface area contributed by atoms with Crippen LogP contribution in [-0.4, -0.2) is 19.5 Å². The number of furan rings is 1. The summed E-state index contributed by atoms with van der Waals surface area (Å²) in [6, 6.07) is 81.9. The van der Waals surface area contributed by atoms with Gasteiger partial charge in [-0.3, -0.25) is 0 Å². The van der Waals surface area contributed by atoms with E-state index >= 15 is 0 Å². The van der Waals surface area contributed by atoms with Crippen molar-refractivity contribution in [2.45, 2.75) is 0 Å². The van der Waals surface area contributed by atoms with Crippen LogP contribution in [0.2, 0.25) is 0 Å². The Balaban J connectivity index is 1.08.